The fourth-order valence-electron chi connectivity index (χ4n) is 6.80. The number of unbranched alkanes of at least 4 members (excludes halogenated alkanes) is 1. The summed E-state index contributed by atoms with van der Waals surface area (Å²) in [5, 5.41) is 18.7. The highest BCUT2D eigenvalue weighted by molar-refractivity contribution is 7.09. The van der Waals surface area contributed by atoms with Crippen LogP contribution in [0.25, 0.3) is 0 Å². The molecule has 1 aromatic carbocycles. The number of carbonyl (C=O) groups is 5. The zero-order chi connectivity index (χ0) is 43.2. The van der Waals surface area contributed by atoms with Crippen LogP contribution in [0.2, 0.25) is 0 Å². The van der Waals surface area contributed by atoms with E-state index in [1.165, 1.54) is 29.5 Å². The predicted molar refractivity (Wildman–Crippen MR) is 220 cm³/mol. The Hall–Kier alpha value is -4.65. The number of halogens is 1. The molecule has 3 amide bonds. The van der Waals surface area contributed by atoms with Gasteiger partial charge in [0.2, 0.25) is 5.91 Å². The second-order valence-corrected chi connectivity index (χ2v) is 16.7. The molecule has 0 bridgehead atoms. The lowest BCUT2D eigenvalue weighted by Gasteiger charge is -2.38. The molecule has 15 heteroatoms. The Kier molecular flexibility index (Phi) is 18.5. The molecule has 1 saturated heterocycles. The highest BCUT2D eigenvalue weighted by Crippen LogP contribution is 2.32. The molecule has 0 saturated carbocycles. The van der Waals surface area contributed by atoms with Gasteiger partial charge in [-0.15, -0.1) is 23.7 Å². The number of hydrogen-bond acceptors (Lipinski definition) is 10. The van der Waals surface area contributed by atoms with Crippen LogP contribution in [0.5, 0.6) is 0 Å². The first-order valence-corrected chi connectivity index (χ1v) is 20.7. The van der Waals surface area contributed by atoms with Crippen molar-refractivity contribution < 1.29 is 43.0 Å². The van der Waals surface area contributed by atoms with Gasteiger partial charge < -0.3 is 20.5 Å². The minimum absolute atomic E-state index is 0.00644. The highest BCUT2D eigenvalue weighted by Gasteiger charge is 2.39. The number of carboxylic acids is 1. The lowest BCUT2D eigenvalue weighted by molar-refractivity contribution is -0.203. The maximum Gasteiger partial charge on any atom is 0.309 e. The smallest absolute Gasteiger partial charge is 0.309 e. The third-order valence-corrected chi connectivity index (χ3v) is 11.4. The van der Waals surface area contributed by atoms with Crippen LogP contribution >= 0.6 is 11.3 Å². The van der Waals surface area contributed by atoms with E-state index < -0.39 is 59.2 Å². The Morgan fingerprint density at radius 1 is 1.17 bits per heavy atom. The summed E-state index contributed by atoms with van der Waals surface area (Å²) < 4.78 is 19.4. The number of aliphatic carboxylic acids is 1. The molecule has 6 atom stereocenters. The summed E-state index contributed by atoms with van der Waals surface area (Å²) >= 11 is 1.07. The van der Waals surface area contributed by atoms with Crippen molar-refractivity contribution in [1.29, 1.82) is 0 Å². The molecule has 58 heavy (non-hydrogen) atoms. The van der Waals surface area contributed by atoms with Crippen LogP contribution in [0.15, 0.2) is 41.8 Å². The zero-order valence-corrected chi connectivity index (χ0v) is 35.7. The third kappa shape index (κ3) is 14.0. The van der Waals surface area contributed by atoms with Crippen molar-refractivity contribution in [3.05, 3.63) is 63.9 Å². The van der Waals surface area contributed by atoms with E-state index in [2.05, 4.69) is 28.1 Å². The number of hydrogen-bond donors (Lipinski definition) is 3. The molecule has 0 unspecified atom stereocenters. The molecule has 3 N–H and O–H groups in total. The van der Waals surface area contributed by atoms with Crippen LogP contribution in [0.4, 0.5) is 4.39 Å². The van der Waals surface area contributed by atoms with Gasteiger partial charge in [0.1, 0.15) is 22.6 Å². The van der Waals surface area contributed by atoms with E-state index in [4.69, 9.17) is 16.0 Å². The number of nitrogens with zero attached hydrogens (tertiary/aromatic N) is 3. The Labute approximate surface area is 346 Å². The standard InChI is InChI=1S/C43H60FN5O8S/c1-10-12-15-22-56-49(41(53)37(28(5)11-2)47-39(52)34-16-13-14-21-48(34)9)35(27(3)4)24-36(57-29(6)50)40-46-33(26-58-40)38(51)45-32(25-43(7,8)42(54)55)23-30-17-19-31(44)20-18-30/h1,17-20,26,28,32,34-37H,3,11-16,21-25H2,2,4-9H3,(H,45,51)(H,47,52)(H,54,55)/t28-,32-,34+,35+,36+,37-/m0/s1. The number of piperidine rings is 1. The van der Waals surface area contributed by atoms with Gasteiger partial charge >= 0.3 is 11.9 Å². The molecular formula is C43H60FN5O8S. The minimum Gasteiger partial charge on any atom is -0.481 e. The molecule has 1 aromatic heterocycles. The molecular weight excluding hydrogens is 766 g/mol. The molecule has 13 nitrogen and oxygen atoms in total. The van der Waals surface area contributed by atoms with Crippen molar-refractivity contribution in [2.45, 2.75) is 130 Å². The number of ether oxygens (including phenoxy) is 1. The number of carbonyl (C=O) groups excluding carboxylic acids is 4. The van der Waals surface area contributed by atoms with Crippen molar-refractivity contribution in [3.63, 3.8) is 0 Å². The van der Waals surface area contributed by atoms with E-state index in [-0.39, 0.29) is 54.4 Å². The Morgan fingerprint density at radius 3 is 2.45 bits per heavy atom. The molecule has 2 aromatic rings. The van der Waals surface area contributed by atoms with Gasteiger partial charge in [0.15, 0.2) is 6.10 Å². The Morgan fingerprint density at radius 2 is 1.86 bits per heavy atom. The molecule has 0 aliphatic carbocycles. The van der Waals surface area contributed by atoms with E-state index in [9.17, 15) is 33.5 Å². The SMILES string of the molecule is C#CCCCON(C(=O)[C@@H](NC(=O)[C@H]1CCCCN1C)[C@@H](C)CC)[C@H](C[C@@H](OC(C)=O)c1nc(C(=O)N[C@@H](Cc2ccc(F)cc2)CC(C)(C)C(=O)O)cs1)C(=C)C. The number of hydroxylamine groups is 2. The van der Waals surface area contributed by atoms with Crippen molar-refractivity contribution in [1.82, 2.24) is 25.6 Å². The van der Waals surface area contributed by atoms with E-state index in [1.807, 2.05) is 25.8 Å². The average molecular weight is 826 g/mol. The first-order valence-electron chi connectivity index (χ1n) is 19.8. The molecule has 2 heterocycles. The number of terminal acetylenes is 1. The number of esters is 1. The number of aromatic nitrogens is 1. The van der Waals surface area contributed by atoms with E-state index in [0.717, 1.165) is 30.7 Å². The lowest BCUT2D eigenvalue weighted by Crippen LogP contribution is -2.58. The summed E-state index contributed by atoms with van der Waals surface area (Å²) in [6, 6.07) is 2.89. The van der Waals surface area contributed by atoms with Crippen LogP contribution in [-0.4, -0.2) is 94.1 Å². The van der Waals surface area contributed by atoms with Crippen LogP contribution in [0.1, 0.15) is 120 Å². The fraction of sp³-hybridized carbons (Fsp3) is 0.581. The van der Waals surface area contributed by atoms with E-state index >= 15 is 0 Å². The van der Waals surface area contributed by atoms with Crippen molar-refractivity contribution >= 4 is 41.0 Å². The van der Waals surface area contributed by atoms with Gasteiger partial charge in [-0.2, -0.15) is 0 Å². The second-order valence-electron chi connectivity index (χ2n) is 15.8. The monoisotopic (exact) mass is 825 g/mol. The number of likely N-dealkylation sites (tertiary alicyclic amines) is 1. The van der Waals surface area contributed by atoms with Crippen LogP contribution in [-0.2, 0) is 35.2 Å². The number of amides is 3. The van der Waals surface area contributed by atoms with Gasteiger partial charge in [0, 0.05) is 31.2 Å². The number of carboxylic acid groups (broad SMARTS) is 1. The lowest BCUT2D eigenvalue weighted by atomic mass is 9.84. The summed E-state index contributed by atoms with van der Waals surface area (Å²) in [6.07, 6.45) is 8.70. The maximum absolute atomic E-state index is 14.6. The van der Waals surface area contributed by atoms with Crippen LogP contribution < -0.4 is 10.6 Å². The van der Waals surface area contributed by atoms with Gasteiger partial charge in [0.25, 0.3) is 11.8 Å². The van der Waals surface area contributed by atoms with Crippen molar-refractivity contribution in [3.8, 4) is 12.3 Å². The van der Waals surface area contributed by atoms with Crippen LogP contribution in [0, 0.1) is 29.5 Å². The van der Waals surface area contributed by atoms with E-state index in [1.54, 1.807) is 32.9 Å². The van der Waals surface area contributed by atoms with Gasteiger partial charge in [0.05, 0.1) is 24.1 Å². The molecule has 318 valence electrons. The Balaban J connectivity index is 1.94. The van der Waals surface area contributed by atoms with E-state index in [0.29, 0.717) is 36.8 Å². The number of thiazole rings is 1. The molecule has 1 aliphatic rings. The second kappa shape index (κ2) is 22.5. The highest BCUT2D eigenvalue weighted by atomic mass is 32.1. The normalized spacial score (nSPS) is 17.1. The third-order valence-electron chi connectivity index (χ3n) is 10.5. The number of benzene rings is 1. The molecule has 0 spiro atoms. The van der Waals surface area contributed by atoms with Crippen LogP contribution in [0.3, 0.4) is 0 Å². The summed E-state index contributed by atoms with van der Waals surface area (Å²) in [7, 11) is 1.90. The van der Waals surface area contributed by atoms with Gasteiger partial charge in [-0.1, -0.05) is 51.0 Å². The predicted octanol–water partition coefficient (Wildman–Crippen LogP) is 6.25. The van der Waals surface area contributed by atoms with Gasteiger partial charge in [-0.3, -0.25) is 33.7 Å². The van der Waals surface area contributed by atoms with Crippen molar-refractivity contribution in [2.24, 2.45) is 11.3 Å². The summed E-state index contributed by atoms with van der Waals surface area (Å²) in [5.41, 5.74) is 0.0118. The summed E-state index contributed by atoms with van der Waals surface area (Å²) in [4.78, 5) is 79.2. The number of rotatable bonds is 22. The molecule has 0 radical (unpaired) electrons. The maximum atomic E-state index is 14.6. The fourth-order valence-corrected chi connectivity index (χ4v) is 7.64. The zero-order valence-electron chi connectivity index (χ0n) is 34.8. The summed E-state index contributed by atoms with van der Waals surface area (Å²) in [5.74, 6) is -1.11. The number of nitrogens with one attached hydrogen (secondary N) is 2. The molecule has 3 rings (SSSR count). The molecule has 1 fully saturated rings. The van der Waals surface area contributed by atoms with Crippen molar-refractivity contribution in [2.75, 3.05) is 20.2 Å². The Bertz CT molecular complexity index is 1780. The number of likely N-dealkylation sites (N-methyl/N-ethyl adjacent to an activating group) is 1. The van der Waals surface area contributed by atoms with Gasteiger partial charge in [-0.25, -0.2) is 14.4 Å². The van der Waals surface area contributed by atoms with Gasteiger partial charge in [-0.05, 0) is 90.1 Å². The largest absolute Gasteiger partial charge is 0.481 e. The average Bonchev–Trinajstić information content (AvgIpc) is 3.67. The first-order chi connectivity index (χ1) is 27.4. The topological polar surface area (TPSA) is 167 Å². The summed E-state index contributed by atoms with van der Waals surface area (Å²) in [6.45, 7) is 14.9. The quantitative estimate of drug-likeness (QED) is 0.0406. The molecule has 1 aliphatic heterocycles. The minimum atomic E-state index is -1.20. The first kappa shape index (κ1) is 47.7.